The zero-order valence-electron chi connectivity index (χ0n) is 20.4. The number of carbonyl (C=O) groups excluding carboxylic acids is 1. The first kappa shape index (κ1) is 27.7. The van der Waals surface area contributed by atoms with Crippen LogP contribution in [-0.4, -0.2) is 54.5 Å². The molecule has 0 aliphatic heterocycles. The number of hydrogen-bond acceptors (Lipinski definition) is 8. The van der Waals surface area contributed by atoms with Crippen LogP contribution < -0.4 is 16.4 Å². The number of phenolic OH excluding ortho intramolecular Hbond substituents is 1. The highest BCUT2D eigenvalue weighted by Gasteiger charge is 2.22. The molecular formula is C25H28N6O7. The molecule has 0 bridgehead atoms. The Morgan fingerprint density at radius 1 is 1.05 bits per heavy atom. The van der Waals surface area contributed by atoms with Crippen LogP contribution in [0.25, 0.3) is 10.9 Å². The van der Waals surface area contributed by atoms with Gasteiger partial charge >= 0.3 is 12.0 Å². The normalized spacial score (nSPS) is 12.2. The molecule has 0 aliphatic rings. The summed E-state index contributed by atoms with van der Waals surface area (Å²) in [7, 11) is 0. The van der Waals surface area contributed by atoms with Crippen LogP contribution in [0.4, 0.5) is 4.79 Å². The van der Waals surface area contributed by atoms with Crippen LogP contribution in [0.2, 0.25) is 0 Å². The van der Waals surface area contributed by atoms with Crippen molar-refractivity contribution in [2.24, 2.45) is 5.73 Å². The average Bonchev–Trinajstić information content (AvgIpc) is 3.51. The number of aromatic amines is 1. The quantitative estimate of drug-likeness (QED) is 0.169. The number of hydrogen-bond donors (Lipinski definition) is 7. The molecule has 38 heavy (non-hydrogen) atoms. The molecular weight excluding hydrogens is 496 g/mol. The van der Waals surface area contributed by atoms with Gasteiger partial charge in [0.15, 0.2) is 0 Å². The predicted octanol–water partition coefficient (Wildman–Crippen LogP) is 2.08. The molecule has 0 saturated heterocycles. The minimum Gasteiger partial charge on any atom is -0.508 e. The number of aliphatic carboxylic acids is 2. The van der Waals surface area contributed by atoms with E-state index < -0.39 is 30.1 Å². The van der Waals surface area contributed by atoms with E-state index in [1.165, 1.54) is 0 Å². The molecule has 2 amide bonds. The number of nitrogens with two attached hydrogens (primary N) is 1. The Kier molecular flexibility index (Phi) is 9.37. The zero-order chi connectivity index (χ0) is 27.7. The Hall–Kier alpha value is -4.91. The van der Waals surface area contributed by atoms with Crippen molar-refractivity contribution in [3.8, 4) is 5.75 Å². The molecule has 2 heterocycles. The van der Waals surface area contributed by atoms with Crippen LogP contribution >= 0.6 is 0 Å². The maximum atomic E-state index is 12.3. The summed E-state index contributed by atoms with van der Waals surface area (Å²) in [4.78, 5) is 36.1. The third kappa shape index (κ3) is 8.06. The Balaban J connectivity index is 0.000000934. The molecule has 8 N–H and O–H groups in total. The number of rotatable bonds is 9. The molecule has 200 valence electrons. The Morgan fingerprint density at radius 3 is 2.42 bits per heavy atom. The Morgan fingerprint density at radius 2 is 1.74 bits per heavy atom. The average molecular weight is 525 g/mol. The number of benzene rings is 2. The number of urea groups is 1. The lowest BCUT2D eigenvalue weighted by atomic mass is 10.1. The van der Waals surface area contributed by atoms with E-state index in [0.29, 0.717) is 6.42 Å². The summed E-state index contributed by atoms with van der Waals surface area (Å²) >= 11 is 0. The third-order valence-electron chi connectivity index (χ3n) is 5.29. The number of carbonyl (C=O) groups is 3. The monoisotopic (exact) mass is 524 g/mol. The summed E-state index contributed by atoms with van der Waals surface area (Å²) in [5.74, 6) is -1.49. The van der Waals surface area contributed by atoms with Gasteiger partial charge in [-0.25, -0.2) is 9.59 Å². The molecule has 2 aromatic carbocycles. The van der Waals surface area contributed by atoms with Crippen LogP contribution in [-0.2, 0) is 29.0 Å². The smallest absolute Gasteiger partial charge is 0.326 e. The molecule has 0 fully saturated rings. The molecule has 2 atom stereocenters. The maximum absolute atomic E-state index is 12.3. The molecule has 4 aromatic rings. The summed E-state index contributed by atoms with van der Waals surface area (Å²) in [6.45, 7) is 0.990. The molecule has 13 nitrogen and oxygen atoms in total. The fourth-order valence-electron chi connectivity index (χ4n) is 3.55. The van der Waals surface area contributed by atoms with Gasteiger partial charge in [-0.05, 0) is 35.7 Å². The van der Waals surface area contributed by atoms with Crippen molar-refractivity contribution >= 4 is 28.9 Å². The van der Waals surface area contributed by atoms with Crippen molar-refractivity contribution in [2.75, 3.05) is 0 Å². The number of carboxylic acid groups (broad SMARTS) is 2. The zero-order valence-corrected chi connectivity index (χ0v) is 20.4. The number of carboxylic acids is 2. The first-order chi connectivity index (χ1) is 18.1. The van der Waals surface area contributed by atoms with E-state index in [2.05, 4.69) is 25.8 Å². The van der Waals surface area contributed by atoms with Gasteiger partial charge in [-0.1, -0.05) is 30.3 Å². The van der Waals surface area contributed by atoms with E-state index in [-0.39, 0.29) is 30.5 Å². The summed E-state index contributed by atoms with van der Waals surface area (Å²) < 4.78 is 5.52. The Labute approximate surface area is 216 Å². The topological polar surface area (TPSA) is 217 Å². The highest BCUT2D eigenvalue weighted by atomic mass is 16.4. The van der Waals surface area contributed by atoms with Gasteiger partial charge in [-0.15, -0.1) is 10.2 Å². The fraction of sp³-hybridized carbons (Fsp3) is 0.240. The first-order valence-corrected chi connectivity index (χ1v) is 11.5. The second-order valence-electron chi connectivity index (χ2n) is 8.31. The van der Waals surface area contributed by atoms with E-state index in [1.807, 2.05) is 24.3 Å². The summed E-state index contributed by atoms with van der Waals surface area (Å²) in [5.41, 5.74) is 8.67. The number of para-hydroxylation sites is 1. The van der Waals surface area contributed by atoms with E-state index in [1.54, 1.807) is 30.5 Å². The summed E-state index contributed by atoms with van der Waals surface area (Å²) in [6.07, 6.45) is 2.27. The van der Waals surface area contributed by atoms with Gasteiger partial charge in [0.2, 0.25) is 11.8 Å². The third-order valence-corrected chi connectivity index (χ3v) is 5.29. The van der Waals surface area contributed by atoms with Crippen molar-refractivity contribution in [1.29, 1.82) is 0 Å². The number of phenols is 1. The second kappa shape index (κ2) is 12.9. The van der Waals surface area contributed by atoms with Gasteiger partial charge < -0.3 is 41.1 Å². The van der Waals surface area contributed by atoms with Crippen LogP contribution in [0.15, 0.2) is 59.1 Å². The van der Waals surface area contributed by atoms with Gasteiger partial charge in [0, 0.05) is 30.4 Å². The number of fused-ring (bicyclic) bond motifs is 1. The van der Waals surface area contributed by atoms with Gasteiger partial charge in [0.25, 0.3) is 5.97 Å². The number of aromatic hydroxyl groups is 1. The molecule has 2 unspecified atom stereocenters. The second-order valence-corrected chi connectivity index (χ2v) is 8.31. The predicted molar refractivity (Wildman–Crippen MR) is 135 cm³/mol. The first-order valence-electron chi connectivity index (χ1n) is 11.5. The SMILES string of the molecule is CC(=O)O.NC(Cc1ccc(O)cc1)c1nnc(CNC(=O)NC(Cc2c[nH]c3ccccc23)C(=O)O)o1. The number of H-pyrrole nitrogens is 1. The van der Waals surface area contributed by atoms with E-state index >= 15 is 0 Å². The van der Waals surface area contributed by atoms with Gasteiger partial charge in [0.1, 0.15) is 11.8 Å². The lowest BCUT2D eigenvalue weighted by molar-refractivity contribution is -0.139. The van der Waals surface area contributed by atoms with Gasteiger partial charge in [-0.2, -0.15) is 0 Å². The molecule has 4 rings (SSSR count). The Bertz CT molecular complexity index is 1380. The van der Waals surface area contributed by atoms with Crippen LogP contribution in [0, 0.1) is 0 Å². The van der Waals surface area contributed by atoms with Crippen LogP contribution in [0.3, 0.4) is 0 Å². The minimum absolute atomic E-state index is 0.0931. The largest absolute Gasteiger partial charge is 0.508 e. The minimum atomic E-state index is -1.15. The van der Waals surface area contributed by atoms with Crippen molar-refractivity contribution in [3.05, 3.63) is 77.6 Å². The number of aromatic nitrogens is 3. The van der Waals surface area contributed by atoms with E-state index in [9.17, 15) is 19.8 Å². The van der Waals surface area contributed by atoms with Crippen molar-refractivity contribution in [2.45, 2.75) is 38.4 Å². The van der Waals surface area contributed by atoms with Crippen LogP contribution in [0.5, 0.6) is 5.75 Å². The lowest BCUT2D eigenvalue weighted by Gasteiger charge is -2.14. The van der Waals surface area contributed by atoms with Gasteiger partial charge in [0.05, 0.1) is 12.6 Å². The molecule has 0 spiro atoms. The van der Waals surface area contributed by atoms with E-state index in [0.717, 1.165) is 29.0 Å². The molecule has 0 aliphatic carbocycles. The number of nitrogens with zero attached hydrogens (tertiary/aromatic N) is 2. The maximum Gasteiger partial charge on any atom is 0.326 e. The van der Waals surface area contributed by atoms with Crippen molar-refractivity contribution < 1.29 is 34.1 Å². The highest BCUT2D eigenvalue weighted by molar-refractivity contribution is 5.86. The number of nitrogens with one attached hydrogen (secondary N) is 3. The fourth-order valence-corrected chi connectivity index (χ4v) is 3.55. The standard InChI is InChI=1S/C23H24N6O5.C2H4O2/c24-17(9-13-5-7-15(30)8-6-13)21-29-28-20(34-21)12-26-23(33)27-19(22(31)32)10-14-11-25-18-4-2-1-3-16(14)18;1-2(3)4/h1-8,11,17,19,25,30H,9-10,12,24H2,(H,31,32)(H2,26,27,33);1H3,(H,3,4). The molecule has 2 aromatic heterocycles. The van der Waals surface area contributed by atoms with Crippen molar-refractivity contribution in [1.82, 2.24) is 25.8 Å². The van der Waals surface area contributed by atoms with Gasteiger partial charge in [-0.3, -0.25) is 4.79 Å². The molecule has 0 radical (unpaired) electrons. The highest BCUT2D eigenvalue weighted by Crippen LogP contribution is 2.19. The summed E-state index contributed by atoms with van der Waals surface area (Å²) in [5, 5.41) is 40.0. The number of amides is 2. The molecule has 0 saturated carbocycles. The molecule has 13 heteroatoms. The summed E-state index contributed by atoms with van der Waals surface area (Å²) in [6, 6.07) is 11.8. The van der Waals surface area contributed by atoms with Crippen molar-refractivity contribution in [3.63, 3.8) is 0 Å². The lowest BCUT2D eigenvalue weighted by Crippen LogP contribution is -2.46. The van der Waals surface area contributed by atoms with E-state index in [4.69, 9.17) is 20.1 Å². The van der Waals surface area contributed by atoms with Crippen LogP contribution in [0.1, 0.15) is 35.9 Å².